The molecule has 1 aromatic rings. The summed E-state index contributed by atoms with van der Waals surface area (Å²) in [7, 11) is 0. The van der Waals surface area contributed by atoms with Gasteiger partial charge in [-0.15, -0.1) is 0 Å². The highest BCUT2D eigenvalue weighted by molar-refractivity contribution is 5.59. The SMILES string of the molecule is CCCNc1ncnc(N2CCC(CCC)C2)c1CC. The van der Waals surface area contributed by atoms with E-state index in [2.05, 4.69) is 41.0 Å². The predicted molar refractivity (Wildman–Crippen MR) is 85.4 cm³/mol. The second-order valence-corrected chi connectivity index (χ2v) is 5.69. The molecule has 1 aromatic heterocycles. The van der Waals surface area contributed by atoms with E-state index in [1.807, 2.05) is 0 Å². The molecule has 0 spiro atoms. The topological polar surface area (TPSA) is 41.1 Å². The van der Waals surface area contributed by atoms with Crippen LogP contribution in [-0.4, -0.2) is 29.6 Å². The number of hydrogen-bond donors (Lipinski definition) is 1. The molecule has 0 radical (unpaired) electrons. The molecule has 1 saturated heterocycles. The van der Waals surface area contributed by atoms with E-state index >= 15 is 0 Å². The molecule has 1 aliphatic rings. The van der Waals surface area contributed by atoms with Crippen LogP contribution in [0.2, 0.25) is 0 Å². The Labute approximate surface area is 123 Å². The van der Waals surface area contributed by atoms with Gasteiger partial charge in [-0.05, 0) is 31.6 Å². The highest BCUT2D eigenvalue weighted by Crippen LogP contribution is 2.30. The standard InChI is InChI=1S/C16H28N4/c1-4-7-13-8-10-20(11-13)16-14(6-3)15(17-9-5-2)18-12-19-16/h12-13H,4-11H2,1-3H3,(H,17,18,19). The van der Waals surface area contributed by atoms with Crippen molar-refractivity contribution in [3.63, 3.8) is 0 Å². The van der Waals surface area contributed by atoms with E-state index in [0.29, 0.717) is 0 Å². The van der Waals surface area contributed by atoms with Crippen molar-refractivity contribution in [3.05, 3.63) is 11.9 Å². The van der Waals surface area contributed by atoms with Gasteiger partial charge in [0.2, 0.25) is 0 Å². The van der Waals surface area contributed by atoms with Crippen molar-refractivity contribution in [2.24, 2.45) is 5.92 Å². The van der Waals surface area contributed by atoms with Crippen LogP contribution in [0.1, 0.15) is 52.0 Å². The van der Waals surface area contributed by atoms with Crippen molar-refractivity contribution >= 4 is 11.6 Å². The van der Waals surface area contributed by atoms with Gasteiger partial charge in [0.05, 0.1) is 0 Å². The van der Waals surface area contributed by atoms with Gasteiger partial charge in [-0.2, -0.15) is 0 Å². The van der Waals surface area contributed by atoms with Crippen LogP contribution in [0.5, 0.6) is 0 Å². The third-order valence-electron chi connectivity index (χ3n) is 4.10. The van der Waals surface area contributed by atoms with Crippen molar-refractivity contribution < 1.29 is 0 Å². The molecule has 1 aliphatic heterocycles. The Kier molecular flexibility index (Phi) is 5.62. The van der Waals surface area contributed by atoms with Crippen molar-refractivity contribution in [1.82, 2.24) is 9.97 Å². The lowest BCUT2D eigenvalue weighted by molar-refractivity contribution is 0.529. The zero-order valence-electron chi connectivity index (χ0n) is 13.2. The lowest BCUT2D eigenvalue weighted by Crippen LogP contribution is -2.23. The summed E-state index contributed by atoms with van der Waals surface area (Å²) in [5, 5.41) is 3.44. The van der Waals surface area contributed by atoms with Crippen LogP contribution in [0.3, 0.4) is 0 Å². The van der Waals surface area contributed by atoms with Crippen molar-refractivity contribution in [1.29, 1.82) is 0 Å². The van der Waals surface area contributed by atoms with Gasteiger partial charge < -0.3 is 10.2 Å². The van der Waals surface area contributed by atoms with Crippen LogP contribution in [0.25, 0.3) is 0 Å². The van der Waals surface area contributed by atoms with E-state index < -0.39 is 0 Å². The van der Waals surface area contributed by atoms with Crippen molar-refractivity contribution in [2.45, 2.75) is 52.9 Å². The van der Waals surface area contributed by atoms with Gasteiger partial charge in [0.25, 0.3) is 0 Å². The molecule has 4 nitrogen and oxygen atoms in total. The minimum absolute atomic E-state index is 0.840. The second kappa shape index (κ2) is 7.46. The maximum Gasteiger partial charge on any atom is 0.137 e. The monoisotopic (exact) mass is 276 g/mol. The summed E-state index contributed by atoms with van der Waals surface area (Å²) in [6.07, 6.45) is 7.73. The summed E-state index contributed by atoms with van der Waals surface area (Å²) in [4.78, 5) is 11.5. The molecule has 0 saturated carbocycles. The first-order chi connectivity index (χ1) is 9.80. The van der Waals surface area contributed by atoms with Gasteiger partial charge in [-0.25, -0.2) is 9.97 Å². The highest BCUT2D eigenvalue weighted by atomic mass is 15.2. The molecule has 4 heteroatoms. The van der Waals surface area contributed by atoms with Crippen LogP contribution in [0.4, 0.5) is 11.6 Å². The lowest BCUT2D eigenvalue weighted by atomic mass is 10.0. The van der Waals surface area contributed by atoms with E-state index in [4.69, 9.17) is 0 Å². The van der Waals surface area contributed by atoms with Gasteiger partial charge in [-0.1, -0.05) is 27.2 Å². The molecule has 0 amide bonds. The smallest absolute Gasteiger partial charge is 0.137 e. The minimum Gasteiger partial charge on any atom is -0.370 e. The number of nitrogens with one attached hydrogen (secondary N) is 1. The minimum atomic E-state index is 0.840. The molecule has 2 heterocycles. The molecule has 0 bridgehead atoms. The number of anilines is 2. The summed E-state index contributed by atoms with van der Waals surface area (Å²) < 4.78 is 0. The molecule has 1 N–H and O–H groups in total. The average Bonchev–Trinajstić information content (AvgIpc) is 2.93. The van der Waals surface area contributed by atoms with Gasteiger partial charge in [0, 0.05) is 25.2 Å². The molecule has 0 aromatic carbocycles. The molecule has 1 unspecified atom stereocenters. The van der Waals surface area contributed by atoms with Crippen molar-refractivity contribution in [3.8, 4) is 0 Å². The van der Waals surface area contributed by atoms with Gasteiger partial charge in [0.15, 0.2) is 0 Å². The van der Waals surface area contributed by atoms with E-state index in [-0.39, 0.29) is 0 Å². The molecule has 0 aliphatic carbocycles. The van der Waals surface area contributed by atoms with E-state index in [1.165, 1.54) is 24.8 Å². The first-order valence-electron chi connectivity index (χ1n) is 8.12. The van der Waals surface area contributed by atoms with Gasteiger partial charge in [0.1, 0.15) is 18.0 Å². The summed E-state index contributed by atoms with van der Waals surface area (Å²) in [5.41, 5.74) is 1.28. The number of aromatic nitrogens is 2. The molecule has 1 atom stereocenters. The van der Waals surface area contributed by atoms with E-state index in [1.54, 1.807) is 6.33 Å². The summed E-state index contributed by atoms with van der Waals surface area (Å²) in [5.74, 6) is 3.02. The summed E-state index contributed by atoms with van der Waals surface area (Å²) in [6.45, 7) is 9.92. The molecule has 2 rings (SSSR count). The summed E-state index contributed by atoms with van der Waals surface area (Å²) in [6, 6.07) is 0. The third-order valence-corrected chi connectivity index (χ3v) is 4.10. The number of nitrogens with zero attached hydrogens (tertiary/aromatic N) is 3. The van der Waals surface area contributed by atoms with E-state index in [0.717, 1.165) is 50.0 Å². The van der Waals surface area contributed by atoms with E-state index in [9.17, 15) is 0 Å². The Balaban J connectivity index is 2.15. The lowest BCUT2D eigenvalue weighted by Gasteiger charge is -2.22. The van der Waals surface area contributed by atoms with Gasteiger partial charge >= 0.3 is 0 Å². The Morgan fingerprint density at radius 2 is 2.10 bits per heavy atom. The average molecular weight is 276 g/mol. The Morgan fingerprint density at radius 3 is 2.80 bits per heavy atom. The first-order valence-corrected chi connectivity index (χ1v) is 8.12. The Bertz CT molecular complexity index is 419. The first kappa shape index (κ1) is 15.1. The molecule has 112 valence electrons. The number of rotatable bonds is 7. The molecular formula is C16H28N4. The fourth-order valence-corrected chi connectivity index (χ4v) is 3.07. The summed E-state index contributed by atoms with van der Waals surface area (Å²) >= 11 is 0. The third kappa shape index (κ3) is 3.41. The molecular weight excluding hydrogens is 248 g/mol. The highest BCUT2D eigenvalue weighted by Gasteiger charge is 2.25. The van der Waals surface area contributed by atoms with Gasteiger partial charge in [-0.3, -0.25) is 0 Å². The second-order valence-electron chi connectivity index (χ2n) is 5.69. The normalized spacial score (nSPS) is 18.6. The predicted octanol–water partition coefficient (Wildman–Crippen LogP) is 3.49. The van der Waals surface area contributed by atoms with Crippen LogP contribution in [0, 0.1) is 5.92 Å². The quantitative estimate of drug-likeness (QED) is 0.827. The Morgan fingerprint density at radius 1 is 1.25 bits per heavy atom. The molecule has 20 heavy (non-hydrogen) atoms. The number of hydrogen-bond acceptors (Lipinski definition) is 4. The maximum atomic E-state index is 4.57. The fraction of sp³-hybridized carbons (Fsp3) is 0.750. The van der Waals surface area contributed by atoms with Crippen molar-refractivity contribution in [2.75, 3.05) is 29.9 Å². The zero-order chi connectivity index (χ0) is 14.4. The van der Waals surface area contributed by atoms with Crippen LogP contribution in [-0.2, 0) is 6.42 Å². The fourth-order valence-electron chi connectivity index (χ4n) is 3.07. The Hall–Kier alpha value is -1.32. The van der Waals surface area contributed by atoms with Crippen LogP contribution >= 0.6 is 0 Å². The van der Waals surface area contributed by atoms with Crippen LogP contribution < -0.4 is 10.2 Å². The molecule has 1 fully saturated rings. The maximum absolute atomic E-state index is 4.57. The largest absolute Gasteiger partial charge is 0.370 e. The zero-order valence-corrected chi connectivity index (χ0v) is 13.2. The van der Waals surface area contributed by atoms with Crippen LogP contribution in [0.15, 0.2) is 6.33 Å².